The second-order valence-electron chi connectivity index (χ2n) is 9.27. The van der Waals surface area contributed by atoms with Gasteiger partial charge in [-0.2, -0.15) is 0 Å². The maximum Gasteiger partial charge on any atom is 0.303 e. The van der Waals surface area contributed by atoms with E-state index in [-0.39, 0.29) is 19.8 Å². The van der Waals surface area contributed by atoms with Gasteiger partial charge in [-0.05, 0) is 0 Å². The van der Waals surface area contributed by atoms with Crippen LogP contribution >= 0.6 is 0 Å². The number of carbonyl (C=O) groups is 4. The van der Waals surface area contributed by atoms with Crippen molar-refractivity contribution in [2.45, 2.75) is 90.7 Å². The monoisotopic (exact) mass is 546 g/mol. The molecule has 2 saturated heterocycles. The Morgan fingerprint density at radius 2 is 1.26 bits per heavy atom. The van der Waals surface area contributed by atoms with Crippen LogP contribution in [-0.2, 0) is 57.1 Å². The van der Waals surface area contributed by atoms with Crippen molar-refractivity contribution in [3.63, 3.8) is 0 Å². The molecule has 2 aliphatic rings. The van der Waals surface area contributed by atoms with Crippen LogP contribution in [0.5, 0.6) is 0 Å². The predicted molar refractivity (Wildman–Crippen MR) is 127 cm³/mol. The lowest BCUT2D eigenvalue weighted by Gasteiger charge is -2.48. The molecule has 0 aromatic heterocycles. The van der Waals surface area contributed by atoms with E-state index in [1.54, 1.807) is 13.8 Å². The maximum absolute atomic E-state index is 11.9. The third-order valence-electron chi connectivity index (χ3n) is 6.17. The lowest BCUT2D eigenvalue weighted by Crippen LogP contribution is -2.62. The third kappa shape index (κ3) is 8.73. The number of hydrogen-bond donors (Lipinski definition) is 1. The summed E-state index contributed by atoms with van der Waals surface area (Å²) in [5.74, 6) is -3.63. The maximum atomic E-state index is 11.9. The van der Waals surface area contributed by atoms with Gasteiger partial charge in [0.1, 0.15) is 25.4 Å². The Balaban J connectivity index is 2.39. The van der Waals surface area contributed by atoms with E-state index >= 15 is 0 Å². The first-order chi connectivity index (χ1) is 17.8. The number of carbonyl (C=O) groups excluding carboxylic acids is 4. The van der Waals surface area contributed by atoms with E-state index in [9.17, 15) is 24.3 Å². The summed E-state index contributed by atoms with van der Waals surface area (Å²) in [6, 6.07) is 0. The van der Waals surface area contributed by atoms with E-state index in [0.29, 0.717) is 0 Å². The van der Waals surface area contributed by atoms with Crippen molar-refractivity contribution in [3.05, 3.63) is 12.7 Å². The third-order valence-corrected chi connectivity index (χ3v) is 6.17. The van der Waals surface area contributed by atoms with Crippen LogP contribution < -0.4 is 0 Å². The van der Waals surface area contributed by atoms with Crippen molar-refractivity contribution in [1.82, 2.24) is 0 Å². The molecule has 2 rings (SSSR count). The van der Waals surface area contributed by atoms with Crippen molar-refractivity contribution in [1.29, 1.82) is 0 Å². The van der Waals surface area contributed by atoms with E-state index in [0.717, 1.165) is 0 Å². The van der Waals surface area contributed by atoms with E-state index in [1.165, 1.54) is 33.8 Å². The SMILES string of the molecule is C=CCO[C@@H]1O[C@@H](COC(C)=O)[C@@H](OC2OC(COC(C)=O)[C@@H](O)[C@H](C)[C@@H]2OC(C)=O)[C@H](C)C1OC(C)=O. The Bertz CT molecular complexity index is 841. The molecular weight excluding hydrogens is 508 g/mol. The number of rotatable bonds is 11. The molecule has 0 aliphatic carbocycles. The minimum Gasteiger partial charge on any atom is -0.463 e. The van der Waals surface area contributed by atoms with Gasteiger partial charge in [0.2, 0.25) is 0 Å². The zero-order chi connectivity index (χ0) is 28.6. The number of aliphatic hydroxyl groups excluding tert-OH is 1. The number of esters is 4. The lowest BCUT2D eigenvalue weighted by molar-refractivity contribution is -0.347. The first kappa shape index (κ1) is 31.6. The molecule has 0 amide bonds. The van der Waals surface area contributed by atoms with Gasteiger partial charge in [-0.25, -0.2) is 0 Å². The molecule has 0 saturated carbocycles. The molecule has 216 valence electrons. The van der Waals surface area contributed by atoms with Crippen molar-refractivity contribution >= 4 is 23.9 Å². The Morgan fingerprint density at radius 3 is 1.76 bits per heavy atom. The van der Waals surface area contributed by atoms with Crippen molar-refractivity contribution < 1.29 is 62.2 Å². The molecule has 2 aliphatic heterocycles. The van der Waals surface area contributed by atoms with Crippen molar-refractivity contribution in [2.24, 2.45) is 11.8 Å². The Hall–Kier alpha value is -2.58. The van der Waals surface area contributed by atoms with Crippen LogP contribution in [0.1, 0.15) is 41.5 Å². The Kier molecular flexibility index (Phi) is 12.1. The van der Waals surface area contributed by atoms with Gasteiger partial charge in [0, 0.05) is 39.5 Å². The van der Waals surface area contributed by atoms with Gasteiger partial charge in [0.15, 0.2) is 24.8 Å². The molecule has 1 N–H and O–H groups in total. The highest BCUT2D eigenvalue weighted by molar-refractivity contribution is 5.67. The average Bonchev–Trinajstić information content (AvgIpc) is 2.82. The van der Waals surface area contributed by atoms with Gasteiger partial charge in [0.25, 0.3) is 0 Å². The topological polar surface area (TPSA) is 162 Å². The number of hydrogen-bond acceptors (Lipinski definition) is 13. The fourth-order valence-corrected chi connectivity index (χ4v) is 4.36. The summed E-state index contributed by atoms with van der Waals surface area (Å²) in [4.78, 5) is 46.7. The molecule has 0 aromatic rings. The van der Waals surface area contributed by atoms with E-state index < -0.39 is 84.9 Å². The fraction of sp³-hybridized carbons (Fsp3) is 0.760. The van der Waals surface area contributed by atoms with Gasteiger partial charge in [-0.15, -0.1) is 6.58 Å². The molecule has 13 nitrogen and oxygen atoms in total. The highest BCUT2D eigenvalue weighted by Gasteiger charge is 2.52. The number of ether oxygens (including phenoxy) is 8. The lowest BCUT2D eigenvalue weighted by atomic mass is 9.88. The Labute approximate surface area is 221 Å². The van der Waals surface area contributed by atoms with Gasteiger partial charge >= 0.3 is 23.9 Å². The fourth-order valence-electron chi connectivity index (χ4n) is 4.36. The smallest absolute Gasteiger partial charge is 0.303 e. The average molecular weight is 547 g/mol. The van der Waals surface area contributed by atoms with Gasteiger partial charge in [0.05, 0.1) is 18.8 Å². The quantitative estimate of drug-likeness (QED) is 0.218. The molecule has 2 fully saturated rings. The molecule has 0 spiro atoms. The van der Waals surface area contributed by atoms with Crippen LogP contribution in [0.3, 0.4) is 0 Å². The Morgan fingerprint density at radius 1 is 0.763 bits per heavy atom. The summed E-state index contributed by atoms with van der Waals surface area (Å²) in [7, 11) is 0. The van der Waals surface area contributed by atoms with Crippen molar-refractivity contribution in [3.8, 4) is 0 Å². The molecule has 10 atom stereocenters. The van der Waals surface area contributed by atoms with Crippen molar-refractivity contribution in [2.75, 3.05) is 19.8 Å². The largest absolute Gasteiger partial charge is 0.463 e. The van der Waals surface area contributed by atoms with Crippen LogP contribution in [0.4, 0.5) is 0 Å². The summed E-state index contributed by atoms with van der Waals surface area (Å²) < 4.78 is 45.0. The van der Waals surface area contributed by atoms with Crippen LogP contribution in [-0.4, -0.2) is 98.0 Å². The minimum atomic E-state index is -1.25. The first-order valence-electron chi connectivity index (χ1n) is 12.3. The van der Waals surface area contributed by atoms with Gasteiger partial charge in [-0.3, -0.25) is 19.2 Å². The number of aliphatic hydroxyl groups is 1. The van der Waals surface area contributed by atoms with Gasteiger partial charge in [-0.1, -0.05) is 19.9 Å². The molecule has 2 heterocycles. The molecular formula is C25H38O13. The summed E-state index contributed by atoms with van der Waals surface area (Å²) in [6.45, 7) is 11.5. The minimum absolute atomic E-state index is 0.0917. The second-order valence-corrected chi connectivity index (χ2v) is 9.27. The highest BCUT2D eigenvalue weighted by Crippen LogP contribution is 2.36. The summed E-state index contributed by atoms with van der Waals surface area (Å²) in [5, 5.41) is 10.7. The molecule has 0 radical (unpaired) electrons. The molecule has 3 unspecified atom stereocenters. The summed E-state index contributed by atoms with van der Waals surface area (Å²) in [5.41, 5.74) is 0. The van der Waals surface area contributed by atoms with Gasteiger partial charge < -0.3 is 43.0 Å². The molecule has 13 heteroatoms. The predicted octanol–water partition coefficient (Wildman–Crippen LogP) is 0.647. The van der Waals surface area contributed by atoms with E-state index in [4.69, 9.17) is 37.9 Å². The molecule has 0 bridgehead atoms. The molecule has 38 heavy (non-hydrogen) atoms. The highest BCUT2D eigenvalue weighted by atomic mass is 16.8. The normalized spacial score (nSPS) is 35.0. The zero-order valence-corrected chi connectivity index (χ0v) is 22.5. The van der Waals surface area contributed by atoms with Crippen LogP contribution in [0.2, 0.25) is 0 Å². The summed E-state index contributed by atoms with van der Waals surface area (Å²) in [6.07, 6.45) is -6.75. The van der Waals surface area contributed by atoms with Crippen LogP contribution in [0.25, 0.3) is 0 Å². The van der Waals surface area contributed by atoms with E-state index in [1.807, 2.05) is 0 Å². The second kappa shape index (κ2) is 14.5. The zero-order valence-electron chi connectivity index (χ0n) is 22.5. The molecule has 0 aromatic carbocycles. The standard InChI is InChI=1S/C25H38O13/c1-8-9-31-24-23(35-17(7)29)13(3)21(19(37-24)11-33-15(5)27)38-25-22(34-16(6)28)12(2)20(30)18(36-25)10-32-14(4)26/h8,12-13,18-25,30H,1,9-11H2,2-7H3/t12-,13-,18?,19-,20-,21-,22-,23?,24+,25?/m0/s1. The summed E-state index contributed by atoms with van der Waals surface area (Å²) >= 11 is 0. The van der Waals surface area contributed by atoms with Crippen LogP contribution in [0.15, 0.2) is 12.7 Å². The van der Waals surface area contributed by atoms with E-state index in [2.05, 4.69) is 6.58 Å². The van der Waals surface area contributed by atoms with Crippen LogP contribution in [0, 0.1) is 11.8 Å². The first-order valence-corrected chi connectivity index (χ1v) is 12.3.